The number of carbonyl (C=O) groups excluding carboxylic acids is 1. The van der Waals surface area contributed by atoms with Crippen LogP contribution in [-0.4, -0.2) is 63.0 Å². The van der Waals surface area contributed by atoms with E-state index in [2.05, 4.69) is 43.2 Å². The summed E-state index contributed by atoms with van der Waals surface area (Å²) in [7, 11) is 6.28. The lowest BCUT2D eigenvalue weighted by molar-refractivity contribution is 0.0949. The summed E-state index contributed by atoms with van der Waals surface area (Å²) in [6.45, 7) is 5.75. The van der Waals surface area contributed by atoms with E-state index in [-0.39, 0.29) is 5.91 Å². The van der Waals surface area contributed by atoms with Crippen LogP contribution in [0.3, 0.4) is 0 Å². The number of fused-ring (bicyclic) bond motifs is 1. The van der Waals surface area contributed by atoms with E-state index in [0.29, 0.717) is 12.1 Å². The maximum Gasteiger partial charge on any atom is 0.255 e. The topological polar surface area (TPSA) is 48.7 Å². The van der Waals surface area contributed by atoms with Crippen LogP contribution in [0.25, 0.3) is 11.0 Å². The highest BCUT2D eigenvalue weighted by atomic mass is 16.3. The zero-order valence-electron chi connectivity index (χ0n) is 16.7. The predicted octanol–water partition coefficient (Wildman–Crippen LogP) is 3.39. The Kier molecular flexibility index (Phi) is 8.13. The molecule has 1 amide bonds. The lowest BCUT2D eigenvalue weighted by atomic mass is 10.1. The highest BCUT2D eigenvalue weighted by Gasteiger charge is 2.19. The van der Waals surface area contributed by atoms with Crippen molar-refractivity contribution in [3.63, 3.8) is 0 Å². The van der Waals surface area contributed by atoms with Crippen LogP contribution in [0.1, 0.15) is 42.3 Å². The van der Waals surface area contributed by atoms with Gasteiger partial charge < -0.3 is 19.5 Å². The Bertz CT molecular complexity index is 694. The van der Waals surface area contributed by atoms with E-state index >= 15 is 0 Å². The summed E-state index contributed by atoms with van der Waals surface area (Å²) < 4.78 is 5.95. The van der Waals surface area contributed by atoms with Crippen LogP contribution in [0.4, 0.5) is 0 Å². The molecule has 0 bridgehead atoms. The first kappa shape index (κ1) is 20.5. The molecule has 2 rings (SSSR count). The third-order valence-corrected chi connectivity index (χ3v) is 4.58. The van der Waals surface area contributed by atoms with Crippen molar-refractivity contribution in [3.8, 4) is 0 Å². The van der Waals surface area contributed by atoms with Gasteiger partial charge in [-0.15, -0.1) is 0 Å². The van der Waals surface area contributed by atoms with Crippen LogP contribution in [0, 0.1) is 0 Å². The van der Waals surface area contributed by atoms with E-state index < -0.39 is 0 Å². The quantitative estimate of drug-likeness (QED) is 0.668. The number of hydrogen-bond acceptors (Lipinski definition) is 4. The number of carbonyl (C=O) groups is 1. The van der Waals surface area contributed by atoms with Crippen molar-refractivity contribution in [3.05, 3.63) is 35.6 Å². The third kappa shape index (κ3) is 5.85. The molecule has 1 aromatic carbocycles. The second-order valence-corrected chi connectivity index (χ2v) is 7.22. The molecule has 0 aliphatic rings. The molecule has 5 heteroatoms. The Hall–Kier alpha value is -1.85. The maximum atomic E-state index is 12.8. The molecule has 144 valence electrons. The molecule has 1 heterocycles. The average molecular weight is 360 g/mol. The average Bonchev–Trinajstić information content (AvgIpc) is 2.97. The van der Waals surface area contributed by atoms with Crippen molar-refractivity contribution in [2.24, 2.45) is 0 Å². The molecule has 0 fully saturated rings. The van der Waals surface area contributed by atoms with E-state index in [0.717, 1.165) is 62.0 Å². The van der Waals surface area contributed by atoms with Gasteiger partial charge in [0, 0.05) is 24.9 Å². The van der Waals surface area contributed by atoms with E-state index in [1.54, 1.807) is 0 Å². The number of nitrogens with zero attached hydrogens (tertiary/aromatic N) is 2. The van der Waals surface area contributed by atoms with Gasteiger partial charge in [0.25, 0.3) is 5.91 Å². The van der Waals surface area contributed by atoms with Crippen molar-refractivity contribution in [2.45, 2.75) is 32.6 Å². The number of hydrogen-bond donors (Lipinski definition) is 1. The lowest BCUT2D eigenvalue weighted by Gasteiger charge is -2.18. The molecule has 0 saturated heterocycles. The van der Waals surface area contributed by atoms with E-state index in [9.17, 15) is 4.79 Å². The molecule has 26 heavy (non-hydrogen) atoms. The van der Waals surface area contributed by atoms with Gasteiger partial charge in [-0.25, -0.2) is 0 Å². The fourth-order valence-corrected chi connectivity index (χ4v) is 3.08. The summed E-state index contributed by atoms with van der Waals surface area (Å²) in [5.41, 5.74) is 1.51. The van der Waals surface area contributed by atoms with Crippen molar-refractivity contribution in [1.29, 1.82) is 0 Å². The molecule has 0 unspecified atom stereocenters. The second-order valence-electron chi connectivity index (χ2n) is 7.22. The molecule has 1 aromatic heterocycles. The Balaban J connectivity index is 1.94. The minimum Gasteiger partial charge on any atom is -0.460 e. The Morgan fingerprint density at radius 2 is 1.85 bits per heavy atom. The largest absolute Gasteiger partial charge is 0.460 e. The zero-order chi connectivity index (χ0) is 18.9. The number of amides is 1. The second kappa shape index (κ2) is 10.3. The molecule has 0 spiro atoms. The van der Waals surface area contributed by atoms with E-state index in [1.807, 2.05) is 24.3 Å². The predicted molar refractivity (Wildman–Crippen MR) is 108 cm³/mol. The summed E-state index contributed by atoms with van der Waals surface area (Å²) in [5, 5.41) is 3.99. The fraction of sp³-hybridized carbons (Fsp3) is 0.571. The Labute approximate surface area is 157 Å². The van der Waals surface area contributed by atoms with Crippen molar-refractivity contribution in [2.75, 3.05) is 47.3 Å². The highest BCUT2D eigenvalue weighted by Crippen LogP contribution is 2.27. The van der Waals surface area contributed by atoms with Gasteiger partial charge in [-0.05, 0) is 53.1 Å². The van der Waals surface area contributed by atoms with Crippen LogP contribution < -0.4 is 5.32 Å². The number of benzene rings is 1. The van der Waals surface area contributed by atoms with Crippen LogP contribution in [-0.2, 0) is 6.42 Å². The number of rotatable bonds is 11. The summed E-state index contributed by atoms with van der Waals surface area (Å²) in [5.74, 6) is 0.785. The SMILES string of the molecule is CCCCc1oc2ccccc2c1C(=O)NCCN(C)CCCN(C)C. The molecular weight excluding hydrogens is 326 g/mol. The fourth-order valence-electron chi connectivity index (χ4n) is 3.08. The first-order valence-electron chi connectivity index (χ1n) is 9.64. The lowest BCUT2D eigenvalue weighted by Crippen LogP contribution is -2.34. The number of likely N-dealkylation sites (N-methyl/N-ethyl adjacent to an activating group) is 1. The zero-order valence-corrected chi connectivity index (χ0v) is 16.7. The minimum absolute atomic E-state index is 0.0252. The molecule has 0 saturated carbocycles. The minimum atomic E-state index is -0.0252. The number of para-hydroxylation sites is 1. The van der Waals surface area contributed by atoms with Gasteiger partial charge in [0.05, 0.1) is 5.56 Å². The van der Waals surface area contributed by atoms with Crippen molar-refractivity contribution < 1.29 is 9.21 Å². The molecule has 0 radical (unpaired) electrons. The molecule has 0 aliphatic carbocycles. The van der Waals surface area contributed by atoms with E-state index in [1.165, 1.54) is 0 Å². The summed E-state index contributed by atoms with van der Waals surface area (Å²) in [4.78, 5) is 17.2. The summed E-state index contributed by atoms with van der Waals surface area (Å²) >= 11 is 0. The summed E-state index contributed by atoms with van der Waals surface area (Å²) in [6.07, 6.45) is 4.04. The van der Waals surface area contributed by atoms with Crippen molar-refractivity contribution in [1.82, 2.24) is 15.1 Å². The van der Waals surface area contributed by atoms with E-state index in [4.69, 9.17) is 4.42 Å². The highest BCUT2D eigenvalue weighted by molar-refractivity contribution is 6.07. The molecule has 1 N–H and O–H groups in total. The van der Waals surface area contributed by atoms with Gasteiger partial charge in [-0.1, -0.05) is 31.5 Å². The molecule has 5 nitrogen and oxygen atoms in total. The molecule has 2 aromatic rings. The standard InChI is InChI=1S/C21H33N3O2/c1-5-6-11-19-20(17-10-7-8-12-18(17)26-19)21(25)22-13-16-24(4)15-9-14-23(2)3/h7-8,10,12H,5-6,9,11,13-16H2,1-4H3,(H,22,25). The van der Waals surface area contributed by atoms with Gasteiger partial charge in [-0.3, -0.25) is 4.79 Å². The van der Waals surface area contributed by atoms with Gasteiger partial charge in [0.2, 0.25) is 0 Å². The Morgan fingerprint density at radius 3 is 2.58 bits per heavy atom. The first-order chi connectivity index (χ1) is 12.5. The number of unbranched alkanes of at least 4 members (excludes halogenated alkanes) is 1. The van der Waals surface area contributed by atoms with Crippen LogP contribution in [0.15, 0.2) is 28.7 Å². The van der Waals surface area contributed by atoms with Crippen LogP contribution >= 0.6 is 0 Å². The van der Waals surface area contributed by atoms with Gasteiger partial charge in [0.1, 0.15) is 11.3 Å². The third-order valence-electron chi connectivity index (χ3n) is 4.58. The van der Waals surface area contributed by atoms with Gasteiger partial charge in [0.15, 0.2) is 0 Å². The molecular formula is C21H33N3O2. The number of aryl methyl sites for hydroxylation is 1. The first-order valence-corrected chi connectivity index (χ1v) is 9.64. The van der Waals surface area contributed by atoms with Crippen LogP contribution in [0.5, 0.6) is 0 Å². The smallest absolute Gasteiger partial charge is 0.255 e. The number of nitrogens with one attached hydrogen (secondary N) is 1. The normalized spacial score (nSPS) is 11.6. The van der Waals surface area contributed by atoms with Crippen molar-refractivity contribution >= 4 is 16.9 Å². The monoisotopic (exact) mass is 359 g/mol. The summed E-state index contributed by atoms with van der Waals surface area (Å²) in [6, 6.07) is 7.80. The molecule has 0 aliphatic heterocycles. The number of furan rings is 1. The van der Waals surface area contributed by atoms with Gasteiger partial charge in [-0.2, -0.15) is 0 Å². The van der Waals surface area contributed by atoms with Crippen LogP contribution in [0.2, 0.25) is 0 Å². The Morgan fingerprint density at radius 1 is 1.08 bits per heavy atom. The van der Waals surface area contributed by atoms with Gasteiger partial charge >= 0.3 is 0 Å². The maximum absolute atomic E-state index is 12.8. The molecule has 0 atom stereocenters.